The third-order valence-corrected chi connectivity index (χ3v) is 23.5. The van der Waals surface area contributed by atoms with Crippen molar-refractivity contribution in [2.75, 3.05) is 9.80 Å². The zero-order valence-electron chi connectivity index (χ0n) is 45.5. The molecule has 0 radical (unpaired) electrons. The van der Waals surface area contributed by atoms with Gasteiger partial charge in [0, 0.05) is 44.0 Å². The second kappa shape index (κ2) is 19.7. The van der Waals surface area contributed by atoms with Gasteiger partial charge in [-0.25, -0.2) is 0 Å². The minimum atomic E-state index is -3.22. The van der Waals surface area contributed by atoms with Gasteiger partial charge < -0.3 is 18.6 Å². The van der Waals surface area contributed by atoms with Crippen LogP contribution in [0.4, 0.5) is 34.1 Å². The smallest absolute Gasteiger partial charge is 0.181 e. The van der Waals surface area contributed by atoms with E-state index in [0.717, 1.165) is 67.2 Å². The van der Waals surface area contributed by atoms with Gasteiger partial charge in [-0.05, 0) is 141 Å². The molecule has 2 aliphatic carbocycles. The summed E-state index contributed by atoms with van der Waals surface area (Å²) in [7, 11) is -3.22. The Kier molecular flexibility index (Phi) is 11.7. The maximum absolute atomic E-state index is 7.37. The summed E-state index contributed by atoms with van der Waals surface area (Å²) < 4.78 is 14.7. The molecule has 2 aromatic heterocycles. The topological polar surface area (TPSA) is 32.8 Å². The average molecular weight is 1060 g/mol. The second-order valence-electron chi connectivity index (χ2n) is 23.0. The number of furan rings is 2. The molecule has 4 nitrogen and oxygen atoms in total. The Morgan fingerprint density at radius 1 is 0.309 bits per heavy atom. The highest BCUT2D eigenvalue weighted by atomic mass is 28.3. The highest BCUT2D eigenvalue weighted by Crippen LogP contribution is 2.50. The molecule has 0 atom stereocenters. The minimum absolute atomic E-state index is 0.506. The maximum atomic E-state index is 7.37. The summed E-state index contributed by atoms with van der Waals surface area (Å²) >= 11 is 0. The first-order valence-electron chi connectivity index (χ1n) is 29.6. The fraction of sp³-hybridized carbons (Fsp3) is 0.158. The predicted octanol–water partition coefficient (Wildman–Crippen LogP) is 19.0. The summed E-state index contributed by atoms with van der Waals surface area (Å²) in [6, 6.07) is 91.2. The molecule has 0 bridgehead atoms. The van der Waals surface area contributed by atoms with Crippen LogP contribution in [0.2, 0.25) is 0 Å². The van der Waals surface area contributed by atoms with Crippen molar-refractivity contribution in [2.24, 2.45) is 0 Å². The number of anilines is 6. The van der Waals surface area contributed by atoms with E-state index in [1.807, 2.05) is 0 Å². The fourth-order valence-electron chi connectivity index (χ4n) is 15.1. The van der Waals surface area contributed by atoms with Crippen molar-refractivity contribution in [2.45, 2.75) is 76.0 Å². The van der Waals surface area contributed by atoms with Crippen molar-refractivity contribution >= 4 is 118 Å². The van der Waals surface area contributed by atoms with Crippen LogP contribution in [0.5, 0.6) is 0 Å². The molecule has 81 heavy (non-hydrogen) atoms. The highest BCUT2D eigenvalue weighted by Gasteiger charge is 2.50. The molecule has 13 aromatic rings. The van der Waals surface area contributed by atoms with E-state index in [2.05, 4.69) is 252 Å². The number of nitrogens with zero attached hydrogens (tertiary/aromatic N) is 2. The van der Waals surface area contributed by atoms with Gasteiger partial charge in [0.2, 0.25) is 0 Å². The van der Waals surface area contributed by atoms with Gasteiger partial charge in [-0.2, -0.15) is 0 Å². The fourth-order valence-corrected chi connectivity index (χ4v) is 20.3. The third-order valence-electron chi connectivity index (χ3n) is 18.7. The van der Waals surface area contributed by atoms with Crippen molar-refractivity contribution in [3.05, 3.63) is 254 Å². The largest absolute Gasteiger partial charge is 0.454 e. The van der Waals surface area contributed by atoms with E-state index in [4.69, 9.17) is 8.83 Å². The molecule has 0 saturated heterocycles. The maximum Gasteiger partial charge on any atom is 0.181 e. The van der Waals surface area contributed by atoms with Crippen LogP contribution >= 0.6 is 0 Å². The van der Waals surface area contributed by atoms with Crippen molar-refractivity contribution in [1.82, 2.24) is 0 Å². The number of fused-ring (bicyclic) bond motifs is 11. The van der Waals surface area contributed by atoms with Crippen LogP contribution in [0.3, 0.4) is 0 Å². The summed E-state index contributed by atoms with van der Waals surface area (Å²) in [6.07, 6.45) is 12.6. The number of hydrogen-bond acceptors (Lipinski definition) is 4. The van der Waals surface area contributed by atoms with Crippen LogP contribution in [0.1, 0.15) is 87.2 Å². The SMILES string of the molecule is c1ccc(N(c2ccc3c(c2)[Si](c2ccccc2)(c2ccccc2)c2cc(N(c4ccccc4)c4cccc5c4oc4c(C6CCCCC6)cccc45)c4ccccc4c2-3)c2cccc3c2oc2c(C4CCCCC4)cccc23)cc1. The average Bonchev–Trinajstić information content (AvgIpc) is 2.59. The Morgan fingerprint density at radius 2 is 0.741 bits per heavy atom. The van der Waals surface area contributed by atoms with E-state index in [0.29, 0.717) is 11.8 Å². The molecule has 5 heteroatoms. The lowest BCUT2D eigenvalue weighted by Crippen LogP contribution is -2.72. The Bertz CT molecular complexity index is 4460. The standard InChI is InChI=1S/C76H62N2O2Si/c1-7-25-51(26-8-1)58-39-21-41-62-64-43-23-45-67(75(64)79-73(58)62)77(53-29-11-3-12-30-53)55-47-48-66-70(49-55)81(56-33-15-5-16-34-56,57-35-17-6-18-36-57)71-50-69(60-37-19-20-38-61(60)72(66)71)78(54-31-13-4-14-32-54)68-46-24-44-65-63-42-22-40-59(74(63)80-76(65)68)52-27-9-2-10-28-52/h3-6,11-24,29-52H,1-2,7-10,25-28H2. The first-order valence-corrected chi connectivity index (χ1v) is 31.6. The molecule has 11 aromatic carbocycles. The van der Waals surface area contributed by atoms with Gasteiger partial charge in [0.15, 0.2) is 19.2 Å². The van der Waals surface area contributed by atoms with Gasteiger partial charge in [0.25, 0.3) is 0 Å². The number of benzene rings is 11. The molecule has 392 valence electrons. The summed E-state index contributed by atoms with van der Waals surface area (Å²) in [5, 5.41) is 12.5. The van der Waals surface area contributed by atoms with Crippen molar-refractivity contribution < 1.29 is 8.83 Å². The van der Waals surface area contributed by atoms with Crippen LogP contribution in [-0.2, 0) is 0 Å². The van der Waals surface area contributed by atoms with Crippen LogP contribution in [0.15, 0.2) is 251 Å². The Labute approximate surface area is 474 Å². The summed E-state index contributed by atoms with van der Waals surface area (Å²) in [6.45, 7) is 0. The van der Waals surface area contributed by atoms with Gasteiger partial charge in [0.05, 0.1) is 17.1 Å². The molecule has 0 spiro atoms. The van der Waals surface area contributed by atoms with E-state index in [1.165, 1.54) is 129 Å². The van der Waals surface area contributed by atoms with Gasteiger partial charge in [0.1, 0.15) is 11.2 Å². The number of rotatable bonds is 10. The van der Waals surface area contributed by atoms with Gasteiger partial charge in [-0.1, -0.05) is 227 Å². The number of para-hydroxylation sites is 6. The molecule has 1 aliphatic heterocycles. The van der Waals surface area contributed by atoms with Crippen LogP contribution in [-0.4, -0.2) is 8.07 Å². The molecule has 0 amide bonds. The molecule has 0 N–H and O–H groups in total. The third kappa shape index (κ3) is 7.62. The monoisotopic (exact) mass is 1060 g/mol. The first-order chi connectivity index (χ1) is 40.2. The normalized spacial score (nSPS) is 15.4. The lowest BCUT2D eigenvalue weighted by Gasteiger charge is -2.34. The molecule has 2 fully saturated rings. The Balaban J connectivity index is 0.959. The van der Waals surface area contributed by atoms with E-state index >= 15 is 0 Å². The molecule has 3 aliphatic rings. The van der Waals surface area contributed by atoms with Crippen LogP contribution < -0.4 is 30.5 Å². The van der Waals surface area contributed by atoms with Gasteiger partial charge in [-0.3, -0.25) is 0 Å². The molecule has 2 saturated carbocycles. The van der Waals surface area contributed by atoms with E-state index in [9.17, 15) is 0 Å². The number of hydrogen-bond donors (Lipinski definition) is 0. The molecule has 16 rings (SSSR count). The molecule has 3 heterocycles. The highest BCUT2D eigenvalue weighted by molar-refractivity contribution is 7.22. The minimum Gasteiger partial charge on any atom is -0.454 e. The summed E-state index contributed by atoms with van der Waals surface area (Å²) in [5.41, 5.74) is 15.6. The zero-order chi connectivity index (χ0) is 53.4. The first kappa shape index (κ1) is 48.0. The molecule has 0 unspecified atom stereocenters. The van der Waals surface area contributed by atoms with E-state index < -0.39 is 8.07 Å². The Morgan fingerprint density at radius 3 is 1.27 bits per heavy atom. The molecular weight excluding hydrogens is 1000 g/mol. The van der Waals surface area contributed by atoms with E-state index in [-0.39, 0.29) is 0 Å². The van der Waals surface area contributed by atoms with Gasteiger partial charge >= 0.3 is 0 Å². The van der Waals surface area contributed by atoms with Crippen molar-refractivity contribution in [3.8, 4) is 11.1 Å². The Hall–Kier alpha value is -8.90. The lowest BCUT2D eigenvalue weighted by atomic mass is 9.83. The van der Waals surface area contributed by atoms with Crippen molar-refractivity contribution in [3.63, 3.8) is 0 Å². The second-order valence-corrected chi connectivity index (χ2v) is 26.8. The van der Waals surface area contributed by atoms with E-state index in [1.54, 1.807) is 0 Å². The quantitative estimate of drug-likeness (QED) is 0.128. The summed E-state index contributed by atoms with van der Waals surface area (Å²) in [5.74, 6) is 1.02. The van der Waals surface area contributed by atoms with Crippen molar-refractivity contribution in [1.29, 1.82) is 0 Å². The lowest BCUT2D eigenvalue weighted by molar-refractivity contribution is 0.442. The summed E-state index contributed by atoms with van der Waals surface area (Å²) in [4.78, 5) is 4.96. The molecular formula is C76H62N2O2Si. The van der Waals surface area contributed by atoms with Crippen LogP contribution in [0.25, 0.3) is 65.8 Å². The predicted molar refractivity (Wildman–Crippen MR) is 342 cm³/mol. The van der Waals surface area contributed by atoms with Crippen LogP contribution in [0, 0.1) is 0 Å². The van der Waals surface area contributed by atoms with Gasteiger partial charge in [-0.15, -0.1) is 0 Å². The zero-order valence-corrected chi connectivity index (χ0v) is 46.5.